The molecule has 0 spiro atoms. The van der Waals surface area contributed by atoms with Gasteiger partial charge in [-0.15, -0.1) is 0 Å². The van der Waals surface area contributed by atoms with E-state index in [1.54, 1.807) is 17.9 Å². The van der Waals surface area contributed by atoms with Crippen LogP contribution in [0.3, 0.4) is 0 Å². The maximum Gasteiger partial charge on any atom is 0.311 e. The molecule has 0 aliphatic carbocycles. The van der Waals surface area contributed by atoms with Gasteiger partial charge < -0.3 is 15.4 Å². The van der Waals surface area contributed by atoms with Gasteiger partial charge in [0.2, 0.25) is 0 Å². The Kier molecular flexibility index (Phi) is 4.74. The van der Waals surface area contributed by atoms with Gasteiger partial charge in [-0.25, -0.2) is 0 Å². The Balaban J connectivity index is 2.25. The van der Waals surface area contributed by atoms with Crippen LogP contribution in [0.15, 0.2) is 18.2 Å². The van der Waals surface area contributed by atoms with Crippen LogP contribution in [0, 0.1) is 10.1 Å². The molecule has 1 aliphatic heterocycles. The minimum Gasteiger partial charge on any atom is -0.487 e. The number of nitrogens with zero attached hydrogens (tertiary/aromatic N) is 2. The highest BCUT2D eigenvalue weighted by molar-refractivity contribution is 5.95. The molecule has 7 nitrogen and oxygen atoms in total. The lowest BCUT2D eigenvalue weighted by Crippen LogP contribution is -2.45. The van der Waals surface area contributed by atoms with Crippen molar-refractivity contribution in [3.63, 3.8) is 0 Å². The lowest BCUT2D eigenvalue weighted by molar-refractivity contribution is -0.385. The molecule has 7 heteroatoms. The number of benzene rings is 1. The van der Waals surface area contributed by atoms with E-state index in [9.17, 15) is 14.9 Å². The fourth-order valence-electron chi connectivity index (χ4n) is 2.45. The van der Waals surface area contributed by atoms with Gasteiger partial charge in [-0.3, -0.25) is 14.9 Å². The van der Waals surface area contributed by atoms with E-state index in [0.717, 1.165) is 12.8 Å². The first kappa shape index (κ1) is 15.2. The molecule has 114 valence electrons. The number of nitro benzene ring substituents is 1. The maximum atomic E-state index is 12.4. The summed E-state index contributed by atoms with van der Waals surface area (Å²) in [7, 11) is 0. The van der Waals surface area contributed by atoms with Gasteiger partial charge in [-0.1, -0.05) is 0 Å². The molecule has 1 atom stereocenters. The summed E-state index contributed by atoms with van der Waals surface area (Å²) in [6.45, 7) is 3.19. The Morgan fingerprint density at radius 1 is 1.57 bits per heavy atom. The van der Waals surface area contributed by atoms with Crippen molar-refractivity contribution in [2.24, 2.45) is 5.73 Å². The van der Waals surface area contributed by atoms with Gasteiger partial charge in [0.15, 0.2) is 5.75 Å². The molecule has 0 radical (unpaired) electrons. The monoisotopic (exact) mass is 293 g/mol. The zero-order valence-corrected chi connectivity index (χ0v) is 11.9. The van der Waals surface area contributed by atoms with Crippen LogP contribution in [0.5, 0.6) is 5.75 Å². The van der Waals surface area contributed by atoms with Crippen molar-refractivity contribution >= 4 is 11.6 Å². The van der Waals surface area contributed by atoms with Crippen LogP contribution in [0.1, 0.15) is 30.1 Å². The van der Waals surface area contributed by atoms with Crippen LogP contribution in [0.2, 0.25) is 0 Å². The molecule has 1 aromatic carbocycles. The smallest absolute Gasteiger partial charge is 0.311 e. The van der Waals surface area contributed by atoms with Crippen molar-refractivity contribution in [3.05, 3.63) is 33.9 Å². The summed E-state index contributed by atoms with van der Waals surface area (Å²) in [5, 5.41) is 11.1. The predicted molar refractivity (Wildman–Crippen MR) is 77.4 cm³/mol. The highest BCUT2D eigenvalue weighted by Crippen LogP contribution is 2.28. The summed E-state index contributed by atoms with van der Waals surface area (Å²) in [6, 6.07) is 4.27. The second-order valence-electron chi connectivity index (χ2n) is 5.03. The van der Waals surface area contributed by atoms with Crippen LogP contribution in [-0.4, -0.2) is 41.5 Å². The van der Waals surface area contributed by atoms with Crippen LogP contribution >= 0.6 is 0 Å². The molecule has 1 heterocycles. The third-order valence-electron chi connectivity index (χ3n) is 3.45. The van der Waals surface area contributed by atoms with E-state index in [4.69, 9.17) is 10.5 Å². The minimum atomic E-state index is -0.538. The van der Waals surface area contributed by atoms with Crippen LogP contribution in [-0.2, 0) is 0 Å². The third-order valence-corrected chi connectivity index (χ3v) is 3.45. The summed E-state index contributed by atoms with van der Waals surface area (Å²) >= 11 is 0. The predicted octanol–water partition coefficient (Wildman–Crippen LogP) is 1.56. The molecule has 2 N–H and O–H groups in total. The number of hydrogen-bond donors (Lipinski definition) is 1. The average Bonchev–Trinajstić information content (AvgIpc) is 2.47. The summed E-state index contributed by atoms with van der Waals surface area (Å²) in [6.07, 6.45) is 1.75. The van der Waals surface area contributed by atoms with Crippen LogP contribution < -0.4 is 10.5 Å². The quantitative estimate of drug-likeness (QED) is 0.671. The van der Waals surface area contributed by atoms with Crippen LogP contribution in [0.25, 0.3) is 0 Å². The molecule has 0 aromatic heterocycles. The Morgan fingerprint density at radius 3 is 2.95 bits per heavy atom. The van der Waals surface area contributed by atoms with E-state index < -0.39 is 4.92 Å². The van der Waals surface area contributed by atoms with Crippen LogP contribution in [0.4, 0.5) is 5.69 Å². The average molecular weight is 293 g/mol. The van der Waals surface area contributed by atoms with Gasteiger partial charge in [-0.2, -0.15) is 0 Å². The Morgan fingerprint density at radius 2 is 2.33 bits per heavy atom. The number of carbonyl (C=O) groups is 1. The van der Waals surface area contributed by atoms with Crippen molar-refractivity contribution in [3.8, 4) is 5.75 Å². The number of nitrogens with two attached hydrogens (primary N) is 1. The molecule has 1 fully saturated rings. The van der Waals surface area contributed by atoms with E-state index in [-0.39, 0.29) is 23.4 Å². The van der Waals surface area contributed by atoms with Gasteiger partial charge in [0.1, 0.15) is 0 Å². The number of carbonyl (C=O) groups excluding carboxylic acids is 1. The molecule has 2 rings (SSSR count). The molecular weight excluding hydrogens is 274 g/mol. The summed E-state index contributed by atoms with van der Waals surface area (Å²) in [4.78, 5) is 24.6. The van der Waals surface area contributed by atoms with Crippen molar-refractivity contribution in [2.75, 3.05) is 19.7 Å². The van der Waals surface area contributed by atoms with Crippen molar-refractivity contribution in [1.82, 2.24) is 4.90 Å². The third kappa shape index (κ3) is 3.49. The van der Waals surface area contributed by atoms with Gasteiger partial charge in [0.05, 0.1) is 11.5 Å². The SMILES string of the molecule is CCOc1ccc(C(=O)N2CCCC(N)C2)cc1[N+](=O)[O-]. The van der Waals surface area contributed by atoms with E-state index in [1.807, 2.05) is 0 Å². The van der Waals surface area contributed by atoms with Gasteiger partial charge in [0.25, 0.3) is 5.91 Å². The maximum absolute atomic E-state index is 12.4. The Bertz CT molecular complexity index is 547. The van der Waals surface area contributed by atoms with Gasteiger partial charge >= 0.3 is 5.69 Å². The first-order chi connectivity index (χ1) is 10.0. The Labute approximate surface area is 122 Å². The summed E-state index contributed by atoms with van der Waals surface area (Å²) < 4.78 is 5.21. The normalized spacial score (nSPS) is 18.4. The fraction of sp³-hybridized carbons (Fsp3) is 0.500. The number of piperidine rings is 1. The fourth-order valence-corrected chi connectivity index (χ4v) is 2.45. The molecule has 21 heavy (non-hydrogen) atoms. The number of nitro groups is 1. The molecule has 1 saturated heterocycles. The topological polar surface area (TPSA) is 98.7 Å². The van der Waals surface area contributed by atoms with E-state index in [2.05, 4.69) is 0 Å². The largest absolute Gasteiger partial charge is 0.487 e. The second-order valence-corrected chi connectivity index (χ2v) is 5.03. The zero-order chi connectivity index (χ0) is 15.4. The van der Waals surface area contributed by atoms with Gasteiger partial charge in [0, 0.05) is 30.8 Å². The lowest BCUT2D eigenvalue weighted by atomic mass is 10.0. The molecule has 1 unspecified atom stereocenters. The van der Waals surface area contributed by atoms with E-state index in [0.29, 0.717) is 25.3 Å². The van der Waals surface area contributed by atoms with E-state index >= 15 is 0 Å². The number of amides is 1. The second kappa shape index (κ2) is 6.53. The molecule has 0 saturated carbocycles. The number of ether oxygens (including phenoxy) is 1. The first-order valence-electron chi connectivity index (χ1n) is 6.99. The number of likely N-dealkylation sites (tertiary alicyclic amines) is 1. The standard InChI is InChI=1S/C14H19N3O4/c1-2-21-13-6-5-10(8-12(13)17(19)20)14(18)16-7-3-4-11(15)9-16/h5-6,8,11H,2-4,7,9,15H2,1H3. The Hall–Kier alpha value is -2.15. The highest BCUT2D eigenvalue weighted by Gasteiger charge is 2.25. The zero-order valence-electron chi connectivity index (χ0n) is 11.9. The molecule has 0 bridgehead atoms. The van der Waals surface area contributed by atoms with Gasteiger partial charge in [-0.05, 0) is 31.9 Å². The minimum absolute atomic E-state index is 0.0274. The first-order valence-corrected chi connectivity index (χ1v) is 6.99. The van der Waals surface area contributed by atoms with E-state index in [1.165, 1.54) is 12.1 Å². The number of rotatable bonds is 4. The molecule has 1 amide bonds. The molecule has 1 aromatic rings. The van der Waals surface area contributed by atoms with Crippen molar-refractivity contribution < 1.29 is 14.5 Å². The summed E-state index contributed by atoms with van der Waals surface area (Å²) in [5.41, 5.74) is 5.96. The highest BCUT2D eigenvalue weighted by atomic mass is 16.6. The van der Waals surface area contributed by atoms with Crippen molar-refractivity contribution in [2.45, 2.75) is 25.8 Å². The summed E-state index contributed by atoms with van der Waals surface area (Å²) in [5.74, 6) is -0.0503. The van der Waals surface area contributed by atoms with Crippen molar-refractivity contribution in [1.29, 1.82) is 0 Å². The number of hydrogen-bond acceptors (Lipinski definition) is 5. The lowest BCUT2D eigenvalue weighted by Gasteiger charge is -2.30. The molecule has 1 aliphatic rings. The molecular formula is C14H19N3O4.